The van der Waals surface area contributed by atoms with Crippen molar-refractivity contribution in [2.45, 2.75) is 6.04 Å². The zero-order valence-electron chi connectivity index (χ0n) is 25.3. The molecule has 0 bridgehead atoms. The number of benzene rings is 4. The minimum absolute atomic E-state index is 0.169. The fraction of sp³-hybridized carbons (Fsp3) is 0.286. The molecule has 1 aliphatic rings. The first-order chi connectivity index (χ1) is 21.5. The summed E-state index contributed by atoms with van der Waals surface area (Å²) in [5.41, 5.74) is 3.47. The molecule has 4 aromatic carbocycles. The van der Waals surface area contributed by atoms with E-state index in [0.717, 1.165) is 37.7 Å². The SMILES string of the molecule is COc1cc(NC(=O)c2ccccc2OCCN2CCN(C(c3ccccc3)c3ccc(Cl)cc3)CC2)cc(OC)c1OC. The van der Waals surface area contributed by atoms with Gasteiger partial charge in [-0.15, -0.1) is 0 Å². The van der Waals surface area contributed by atoms with Gasteiger partial charge in [-0.1, -0.05) is 66.2 Å². The predicted octanol–water partition coefficient (Wildman–Crippen LogP) is 6.40. The molecule has 0 aliphatic carbocycles. The Labute approximate surface area is 264 Å². The van der Waals surface area contributed by atoms with Crippen molar-refractivity contribution in [1.29, 1.82) is 0 Å². The van der Waals surface area contributed by atoms with E-state index >= 15 is 0 Å². The number of nitrogens with one attached hydrogen (secondary N) is 1. The molecular weight excluding hydrogens is 578 g/mol. The van der Waals surface area contributed by atoms with Crippen LogP contribution in [-0.2, 0) is 0 Å². The Hall–Kier alpha value is -4.24. The van der Waals surface area contributed by atoms with Crippen molar-refractivity contribution in [3.8, 4) is 23.0 Å². The van der Waals surface area contributed by atoms with Gasteiger partial charge in [-0.05, 0) is 35.4 Å². The average Bonchev–Trinajstić information content (AvgIpc) is 3.06. The van der Waals surface area contributed by atoms with Gasteiger partial charge in [0.25, 0.3) is 5.91 Å². The van der Waals surface area contributed by atoms with Crippen LogP contribution < -0.4 is 24.3 Å². The number of rotatable bonds is 12. The van der Waals surface area contributed by atoms with Crippen molar-refractivity contribution < 1.29 is 23.7 Å². The van der Waals surface area contributed by atoms with Gasteiger partial charge in [0.1, 0.15) is 12.4 Å². The highest BCUT2D eigenvalue weighted by Crippen LogP contribution is 2.40. The second-order valence-electron chi connectivity index (χ2n) is 10.5. The third-order valence-corrected chi connectivity index (χ3v) is 8.04. The second kappa shape index (κ2) is 15.0. The Morgan fingerprint density at radius 1 is 0.773 bits per heavy atom. The standard InChI is InChI=1S/C35H38ClN3O5/c1-41-31-23-28(24-32(42-2)34(31)43-3)37-35(40)29-11-7-8-12-30(29)44-22-21-38-17-19-39(20-18-38)33(25-9-5-4-6-10-25)26-13-15-27(36)16-14-26/h4-16,23-24,33H,17-22H2,1-3H3,(H,37,40). The van der Waals surface area contributed by atoms with Gasteiger partial charge in [0.05, 0.1) is 32.9 Å². The summed E-state index contributed by atoms with van der Waals surface area (Å²) in [6.07, 6.45) is 0. The van der Waals surface area contributed by atoms with Gasteiger partial charge in [0.2, 0.25) is 5.75 Å². The molecule has 0 saturated carbocycles. The molecule has 44 heavy (non-hydrogen) atoms. The summed E-state index contributed by atoms with van der Waals surface area (Å²) in [5.74, 6) is 1.60. The summed E-state index contributed by atoms with van der Waals surface area (Å²) in [5, 5.41) is 3.67. The third-order valence-electron chi connectivity index (χ3n) is 7.79. The summed E-state index contributed by atoms with van der Waals surface area (Å²) < 4.78 is 22.4. The number of halogens is 1. The van der Waals surface area contributed by atoms with Crippen LogP contribution in [0.4, 0.5) is 5.69 Å². The maximum atomic E-state index is 13.3. The highest BCUT2D eigenvalue weighted by Gasteiger charge is 2.26. The molecule has 1 amide bonds. The zero-order valence-corrected chi connectivity index (χ0v) is 26.0. The van der Waals surface area contributed by atoms with Crippen LogP contribution in [0.2, 0.25) is 5.02 Å². The van der Waals surface area contributed by atoms with Gasteiger partial charge >= 0.3 is 0 Å². The van der Waals surface area contributed by atoms with Crippen LogP contribution in [-0.4, -0.2) is 76.4 Å². The number of para-hydroxylation sites is 1. The van der Waals surface area contributed by atoms with E-state index in [4.69, 9.17) is 30.5 Å². The number of carbonyl (C=O) groups excluding carboxylic acids is 1. The molecule has 5 rings (SSSR count). The summed E-state index contributed by atoms with van der Waals surface area (Å²) in [6.45, 7) is 4.92. The molecule has 1 N–H and O–H groups in total. The Bertz CT molecular complexity index is 1500. The first-order valence-corrected chi connectivity index (χ1v) is 15.0. The van der Waals surface area contributed by atoms with Crippen LogP contribution in [0, 0.1) is 0 Å². The molecule has 230 valence electrons. The number of carbonyl (C=O) groups is 1. The van der Waals surface area contributed by atoms with E-state index in [9.17, 15) is 4.79 Å². The maximum absolute atomic E-state index is 13.3. The fourth-order valence-electron chi connectivity index (χ4n) is 5.56. The molecule has 1 unspecified atom stereocenters. The highest BCUT2D eigenvalue weighted by molar-refractivity contribution is 6.30. The molecule has 1 fully saturated rings. The van der Waals surface area contributed by atoms with Gasteiger partial charge in [-0.2, -0.15) is 0 Å². The number of hydrogen-bond donors (Lipinski definition) is 1. The Morgan fingerprint density at radius 2 is 1.39 bits per heavy atom. The van der Waals surface area contributed by atoms with Crippen LogP contribution in [0.15, 0.2) is 91.0 Å². The molecule has 1 saturated heterocycles. The minimum Gasteiger partial charge on any atom is -0.493 e. The lowest BCUT2D eigenvalue weighted by molar-refractivity contribution is 0.0964. The van der Waals surface area contributed by atoms with Gasteiger partial charge in [-0.25, -0.2) is 0 Å². The van der Waals surface area contributed by atoms with E-state index in [2.05, 4.69) is 57.6 Å². The number of anilines is 1. The van der Waals surface area contributed by atoms with E-state index in [0.29, 0.717) is 40.9 Å². The lowest BCUT2D eigenvalue weighted by atomic mass is 9.96. The first kappa shape index (κ1) is 31.2. The number of nitrogens with zero attached hydrogens (tertiary/aromatic N) is 2. The number of piperazine rings is 1. The van der Waals surface area contributed by atoms with Crippen molar-refractivity contribution >= 4 is 23.2 Å². The predicted molar refractivity (Wildman–Crippen MR) is 174 cm³/mol. The molecule has 8 nitrogen and oxygen atoms in total. The fourth-order valence-corrected chi connectivity index (χ4v) is 5.68. The van der Waals surface area contributed by atoms with E-state index in [1.54, 1.807) is 18.2 Å². The largest absolute Gasteiger partial charge is 0.493 e. The van der Waals surface area contributed by atoms with E-state index in [1.807, 2.05) is 30.3 Å². The summed E-state index contributed by atoms with van der Waals surface area (Å²) in [7, 11) is 4.61. The smallest absolute Gasteiger partial charge is 0.259 e. The summed E-state index contributed by atoms with van der Waals surface area (Å²) in [4.78, 5) is 18.2. The maximum Gasteiger partial charge on any atom is 0.259 e. The summed E-state index contributed by atoms with van der Waals surface area (Å²) in [6, 6.07) is 29.6. The van der Waals surface area contributed by atoms with Crippen molar-refractivity contribution in [1.82, 2.24) is 9.80 Å². The summed E-state index contributed by atoms with van der Waals surface area (Å²) >= 11 is 6.19. The van der Waals surface area contributed by atoms with Gasteiger partial charge in [-0.3, -0.25) is 14.6 Å². The van der Waals surface area contributed by atoms with Crippen molar-refractivity contribution in [3.05, 3.63) is 113 Å². The molecule has 9 heteroatoms. The average molecular weight is 616 g/mol. The number of ether oxygens (including phenoxy) is 4. The van der Waals surface area contributed by atoms with Crippen LogP contribution in [0.1, 0.15) is 27.5 Å². The minimum atomic E-state index is -0.294. The molecule has 0 aromatic heterocycles. The van der Waals surface area contributed by atoms with Crippen molar-refractivity contribution in [2.24, 2.45) is 0 Å². The number of hydrogen-bond acceptors (Lipinski definition) is 7. The zero-order chi connectivity index (χ0) is 30.9. The van der Waals surface area contributed by atoms with Gasteiger partial charge in [0, 0.05) is 55.6 Å². The van der Waals surface area contributed by atoms with Crippen molar-refractivity contribution in [2.75, 3.05) is 66.0 Å². The highest BCUT2D eigenvalue weighted by atomic mass is 35.5. The molecule has 4 aromatic rings. The molecular formula is C35H38ClN3O5. The second-order valence-corrected chi connectivity index (χ2v) is 10.9. The lowest BCUT2D eigenvalue weighted by Gasteiger charge is -2.39. The van der Waals surface area contributed by atoms with Crippen LogP contribution in [0.5, 0.6) is 23.0 Å². The van der Waals surface area contributed by atoms with E-state index in [-0.39, 0.29) is 11.9 Å². The van der Waals surface area contributed by atoms with Gasteiger partial charge in [0.15, 0.2) is 11.5 Å². The van der Waals surface area contributed by atoms with Gasteiger partial charge < -0.3 is 24.3 Å². The van der Waals surface area contributed by atoms with Crippen molar-refractivity contribution in [3.63, 3.8) is 0 Å². The molecule has 1 heterocycles. The number of amides is 1. The van der Waals surface area contributed by atoms with E-state index in [1.165, 1.54) is 32.5 Å². The normalized spacial score (nSPS) is 14.5. The third kappa shape index (κ3) is 7.45. The number of methoxy groups -OCH3 is 3. The van der Waals surface area contributed by atoms with Crippen LogP contribution in [0.3, 0.4) is 0 Å². The van der Waals surface area contributed by atoms with Crippen LogP contribution >= 0.6 is 11.6 Å². The monoisotopic (exact) mass is 615 g/mol. The molecule has 1 atom stereocenters. The van der Waals surface area contributed by atoms with Crippen LogP contribution in [0.25, 0.3) is 0 Å². The Kier molecular flexibility index (Phi) is 10.6. The Morgan fingerprint density at radius 3 is 2.02 bits per heavy atom. The Balaban J connectivity index is 1.18. The topological polar surface area (TPSA) is 72.5 Å². The molecule has 1 aliphatic heterocycles. The van der Waals surface area contributed by atoms with E-state index < -0.39 is 0 Å². The molecule has 0 spiro atoms. The quantitative estimate of drug-likeness (QED) is 0.198. The lowest BCUT2D eigenvalue weighted by Crippen LogP contribution is -2.48. The first-order valence-electron chi connectivity index (χ1n) is 14.6. The molecule has 0 radical (unpaired) electrons.